The molecule has 1 aliphatic heterocycles. The first-order chi connectivity index (χ1) is 8.08. The van der Waals surface area contributed by atoms with E-state index in [0.29, 0.717) is 30.2 Å². The van der Waals surface area contributed by atoms with Gasteiger partial charge in [0.1, 0.15) is 17.4 Å². The van der Waals surface area contributed by atoms with Crippen molar-refractivity contribution < 1.29 is 14.3 Å². The molecule has 1 fully saturated rings. The van der Waals surface area contributed by atoms with E-state index in [1.165, 1.54) is 4.90 Å². The number of rotatable bonds is 2. The van der Waals surface area contributed by atoms with Gasteiger partial charge in [0.25, 0.3) is 0 Å². The number of nitrogens with zero attached hydrogens (tertiary/aromatic N) is 2. The van der Waals surface area contributed by atoms with Gasteiger partial charge in [-0.2, -0.15) is 5.26 Å². The molecule has 90 valence electrons. The molecule has 1 unspecified atom stereocenters. The van der Waals surface area contributed by atoms with Gasteiger partial charge in [0, 0.05) is 31.1 Å². The fourth-order valence-corrected chi connectivity index (χ4v) is 2.03. The first kappa shape index (κ1) is 11.7. The van der Waals surface area contributed by atoms with Crippen LogP contribution in [0.2, 0.25) is 0 Å². The second kappa shape index (κ2) is 4.22. The van der Waals surface area contributed by atoms with Crippen molar-refractivity contribution in [3.8, 4) is 6.07 Å². The Morgan fingerprint density at radius 2 is 2.29 bits per heavy atom. The summed E-state index contributed by atoms with van der Waals surface area (Å²) in [6, 6.07) is 2.06. The summed E-state index contributed by atoms with van der Waals surface area (Å²) < 4.78 is 5.48. The number of furan rings is 1. The fraction of sp³-hybridized carbons (Fsp3) is 0.500. The summed E-state index contributed by atoms with van der Waals surface area (Å²) in [4.78, 5) is 13.2. The molecule has 0 bridgehead atoms. The van der Waals surface area contributed by atoms with Gasteiger partial charge in [-0.25, -0.2) is 0 Å². The summed E-state index contributed by atoms with van der Waals surface area (Å²) >= 11 is 0. The van der Waals surface area contributed by atoms with Crippen molar-refractivity contribution in [1.29, 1.82) is 5.26 Å². The smallest absolute Gasteiger partial charge is 0.229 e. The monoisotopic (exact) mass is 234 g/mol. The van der Waals surface area contributed by atoms with E-state index >= 15 is 0 Å². The van der Waals surface area contributed by atoms with Gasteiger partial charge in [0.15, 0.2) is 0 Å². The summed E-state index contributed by atoms with van der Waals surface area (Å²) in [5.41, 5.74) is 1.18. The second-order valence-electron chi connectivity index (χ2n) is 4.33. The third kappa shape index (κ3) is 1.81. The van der Waals surface area contributed by atoms with E-state index in [4.69, 9.17) is 14.8 Å². The molecule has 2 heterocycles. The van der Waals surface area contributed by atoms with Crippen molar-refractivity contribution in [1.82, 2.24) is 0 Å². The lowest BCUT2D eigenvalue weighted by Crippen LogP contribution is -2.25. The van der Waals surface area contributed by atoms with Crippen LogP contribution < -0.4 is 4.90 Å². The zero-order chi connectivity index (χ0) is 12.6. The molecular weight excluding hydrogens is 220 g/mol. The predicted molar refractivity (Wildman–Crippen MR) is 60.4 cm³/mol. The minimum absolute atomic E-state index is 0.0250. The van der Waals surface area contributed by atoms with Gasteiger partial charge in [-0.15, -0.1) is 0 Å². The Balaban J connectivity index is 2.39. The van der Waals surface area contributed by atoms with Crippen molar-refractivity contribution in [2.24, 2.45) is 5.92 Å². The van der Waals surface area contributed by atoms with Crippen LogP contribution in [0.3, 0.4) is 0 Å². The highest BCUT2D eigenvalue weighted by atomic mass is 16.4. The number of carbonyl (C=O) groups excluding carboxylic acids is 1. The van der Waals surface area contributed by atoms with E-state index in [2.05, 4.69) is 6.07 Å². The highest BCUT2D eigenvalue weighted by Gasteiger charge is 2.34. The van der Waals surface area contributed by atoms with Gasteiger partial charge in [-0.05, 0) is 13.8 Å². The quantitative estimate of drug-likeness (QED) is 0.831. The maximum Gasteiger partial charge on any atom is 0.229 e. The van der Waals surface area contributed by atoms with Crippen LogP contribution in [-0.2, 0) is 4.79 Å². The molecule has 0 radical (unpaired) electrons. The van der Waals surface area contributed by atoms with Crippen LogP contribution in [0, 0.1) is 31.1 Å². The molecule has 2 rings (SSSR count). The molecular formula is C12H14N2O3. The average Bonchev–Trinajstić information content (AvgIpc) is 2.81. The zero-order valence-corrected chi connectivity index (χ0v) is 9.86. The van der Waals surface area contributed by atoms with E-state index in [1.54, 1.807) is 13.8 Å². The maximum atomic E-state index is 11.8. The number of carbonyl (C=O) groups is 1. The number of aryl methyl sites for hydroxylation is 1. The Morgan fingerprint density at radius 3 is 2.82 bits per heavy atom. The number of aliphatic hydroxyl groups is 1. The van der Waals surface area contributed by atoms with Crippen molar-refractivity contribution in [2.45, 2.75) is 20.3 Å². The van der Waals surface area contributed by atoms with Crippen molar-refractivity contribution >= 4 is 11.8 Å². The van der Waals surface area contributed by atoms with E-state index in [9.17, 15) is 4.79 Å². The van der Waals surface area contributed by atoms with E-state index < -0.39 is 0 Å². The number of hydrogen-bond acceptors (Lipinski definition) is 4. The van der Waals surface area contributed by atoms with Crippen LogP contribution in [0.25, 0.3) is 0 Å². The fourth-order valence-electron chi connectivity index (χ4n) is 2.03. The molecule has 0 spiro atoms. The standard InChI is InChI=1S/C12H14N2O3/c1-7-8(2)17-12(10(7)4-13)14-5-9(6-15)3-11(14)16/h9,15H,3,5-6H2,1-2H3. The Morgan fingerprint density at radius 1 is 1.59 bits per heavy atom. The van der Waals surface area contributed by atoms with Crippen LogP contribution in [0.15, 0.2) is 4.42 Å². The molecule has 5 heteroatoms. The third-order valence-corrected chi connectivity index (χ3v) is 3.19. The van der Waals surface area contributed by atoms with Crippen LogP contribution in [0.1, 0.15) is 23.3 Å². The van der Waals surface area contributed by atoms with Crippen molar-refractivity contribution in [3.63, 3.8) is 0 Å². The third-order valence-electron chi connectivity index (χ3n) is 3.19. The predicted octanol–water partition coefficient (Wildman–Crippen LogP) is 1.11. The molecule has 17 heavy (non-hydrogen) atoms. The summed E-state index contributed by atoms with van der Waals surface area (Å²) in [6.07, 6.45) is 0.306. The molecule has 0 aromatic carbocycles. The molecule has 5 nitrogen and oxygen atoms in total. The van der Waals surface area contributed by atoms with E-state index in [-0.39, 0.29) is 18.4 Å². The summed E-state index contributed by atoms with van der Waals surface area (Å²) in [6.45, 7) is 3.95. The SMILES string of the molecule is Cc1oc(N2CC(CO)CC2=O)c(C#N)c1C. The molecule has 1 atom stereocenters. The van der Waals surface area contributed by atoms with Crippen LogP contribution in [0.5, 0.6) is 0 Å². The number of nitriles is 1. The van der Waals surface area contributed by atoms with E-state index in [0.717, 1.165) is 5.56 Å². The molecule has 1 saturated heterocycles. The molecule has 0 aliphatic carbocycles. The molecule has 1 N–H and O–H groups in total. The Kier molecular flexibility index (Phi) is 2.90. The molecule has 1 aliphatic rings. The molecule has 1 aromatic heterocycles. The van der Waals surface area contributed by atoms with Gasteiger partial charge < -0.3 is 9.52 Å². The zero-order valence-electron chi connectivity index (χ0n) is 9.86. The number of anilines is 1. The lowest BCUT2D eigenvalue weighted by Gasteiger charge is -2.13. The molecule has 0 saturated carbocycles. The van der Waals surface area contributed by atoms with Crippen LogP contribution in [0.4, 0.5) is 5.88 Å². The summed E-state index contributed by atoms with van der Waals surface area (Å²) in [7, 11) is 0. The summed E-state index contributed by atoms with van der Waals surface area (Å²) in [5.74, 6) is 0.800. The lowest BCUT2D eigenvalue weighted by atomic mass is 10.1. The number of amides is 1. The van der Waals surface area contributed by atoms with Crippen LogP contribution in [-0.4, -0.2) is 24.2 Å². The van der Waals surface area contributed by atoms with Crippen molar-refractivity contribution in [2.75, 3.05) is 18.1 Å². The second-order valence-corrected chi connectivity index (χ2v) is 4.33. The minimum Gasteiger partial charge on any atom is -0.444 e. The molecule has 1 aromatic rings. The highest BCUT2D eigenvalue weighted by molar-refractivity contribution is 5.95. The maximum absolute atomic E-state index is 11.8. The van der Waals surface area contributed by atoms with Gasteiger partial charge >= 0.3 is 0 Å². The lowest BCUT2D eigenvalue weighted by molar-refractivity contribution is -0.117. The molecule has 1 amide bonds. The minimum atomic E-state index is -0.103. The topological polar surface area (TPSA) is 77.5 Å². The number of aliphatic hydroxyl groups excluding tert-OH is 1. The van der Waals surface area contributed by atoms with Crippen LogP contribution >= 0.6 is 0 Å². The largest absolute Gasteiger partial charge is 0.444 e. The average molecular weight is 234 g/mol. The first-order valence-corrected chi connectivity index (χ1v) is 5.49. The Labute approximate surface area is 99.2 Å². The Hall–Kier alpha value is -1.80. The summed E-state index contributed by atoms with van der Waals surface area (Å²) in [5, 5.41) is 18.1. The Bertz CT molecular complexity index is 499. The van der Waals surface area contributed by atoms with Crippen molar-refractivity contribution in [3.05, 3.63) is 16.9 Å². The van der Waals surface area contributed by atoms with Gasteiger partial charge in [-0.1, -0.05) is 0 Å². The van der Waals surface area contributed by atoms with Gasteiger partial charge in [0.2, 0.25) is 11.8 Å². The van der Waals surface area contributed by atoms with E-state index in [1.807, 2.05) is 0 Å². The van der Waals surface area contributed by atoms with Gasteiger partial charge in [0.05, 0.1) is 0 Å². The number of hydrogen-bond donors (Lipinski definition) is 1. The van der Waals surface area contributed by atoms with Gasteiger partial charge in [-0.3, -0.25) is 9.69 Å². The first-order valence-electron chi connectivity index (χ1n) is 5.49. The normalized spacial score (nSPS) is 19.8. The highest BCUT2D eigenvalue weighted by Crippen LogP contribution is 2.32.